The number of rotatable bonds is 6. The van der Waals surface area contributed by atoms with Crippen molar-refractivity contribution in [2.24, 2.45) is 4.99 Å². The second-order valence-corrected chi connectivity index (χ2v) is 6.86. The molecule has 2 rings (SSSR count). The van der Waals surface area contributed by atoms with Crippen molar-refractivity contribution in [1.82, 2.24) is 15.5 Å². The Hall–Kier alpha value is -1.69. The summed E-state index contributed by atoms with van der Waals surface area (Å²) in [6.07, 6.45) is 0.426. The number of hydrogen-bond donors (Lipinski definition) is 2. The van der Waals surface area contributed by atoms with Gasteiger partial charge in [-0.25, -0.2) is 8.78 Å². The Kier molecular flexibility index (Phi) is 7.62. The third-order valence-electron chi connectivity index (χ3n) is 4.54. The summed E-state index contributed by atoms with van der Waals surface area (Å²) >= 11 is 0. The first-order chi connectivity index (χ1) is 12.0. The zero-order valence-corrected chi connectivity index (χ0v) is 15.5. The second-order valence-electron chi connectivity index (χ2n) is 6.86. The van der Waals surface area contributed by atoms with Crippen LogP contribution in [-0.4, -0.2) is 56.6 Å². The smallest absolute Gasteiger partial charge is 0.251 e. The summed E-state index contributed by atoms with van der Waals surface area (Å²) in [4.78, 5) is 6.11. The highest BCUT2D eigenvalue weighted by Gasteiger charge is 2.21. The summed E-state index contributed by atoms with van der Waals surface area (Å²) in [6, 6.07) is 6.90. The van der Waals surface area contributed by atoms with Gasteiger partial charge in [0.2, 0.25) is 0 Å². The molecule has 6 heteroatoms. The molecule has 140 valence electrons. The number of nitrogens with one attached hydrogen (secondary N) is 2. The van der Waals surface area contributed by atoms with Crippen LogP contribution in [0.4, 0.5) is 8.78 Å². The first-order valence-corrected chi connectivity index (χ1v) is 9.01. The molecule has 0 atom stereocenters. The van der Waals surface area contributed by atoms with E-state index < -0.39 is 6.43 Å². The van der Waals surface area contributed by atoms with Gasteiger partial charge in [0, 0.05) is 32.7 Å². The normalized spacial score (nSPS) is 17.1. The number of benzene rings is 1. The average Bonchev–Trinajstić information content (AvgIpc) is 2.54. The van der Waals surface area contributed by atoms with Gasteiger partial charge < -0.3 is 10.6 Å². The van der Waals surface area contributed by atoms with Gasteiger partial charge in [0.25, 0.3) is 6.43 Å². The summed E-state index contributed by atoms with van der Waals surface area (Å²) in [6.45, 7) is 6.35. The number of aryl methyl sites for hydroxylation is 2. The van der Waals surface area contributed by atoms with Crippen LogP contribution in [0, 0.1) is 13.8 Å². The van der Waals surface area contributed by atoms with Gasteiger partial charge in [-0.3, -0.25) is 9.89 Å². The van der Waals surface area contributed by atoms with Gasteiger partial charge in [0.05, 0.1) is 6.54 Å². The van der Waals surface area contributed by atoms with Crippen LogP contribution < -0.4 is 10.6 Å². The fraction of sp³-hybridized carbons (Fsp3) is 0.632. The Balaban J connectivity index is 1.72. The molecule has 0 amide bonds. The number of guanidine groups is 1. The lowest BCUT2D eigenvalue weighted by Gasteiger charge is -2.32. The monoisotopic (exact) mass is 352 g/mol. The van der Waals surface area contributed by atoms with Crippen LogP contribution in [0.3, 0.4) is 0 Å². The zero-order valence-electron chi connectivity index (χ0n) is 15.5. The maximum atomic E-state index is 12.4. The summed E-state index contributed by atoms with van der Waals surface area (Å²) in [5.74, 6) is 0.789. The van der Waals surface area contributed by atoms with E-state index in [9.17, 15) is 8.78 Å². The van der Waals surface area contributed by atoms with Crippen molar-refractivity contribution >= 4 is 5.96 Å². The van der Waals surface area contributed by atoms with Crippen molar-refractivity contribution in [1.29, 1.82) is 0 Å². The van der Waals surface area contributed by atoms with Crippen molar-refractivity contribution < 1.29 is 8.78 Å². The van der Waals surface area contributed by atoms with Crippen LogP contribution in [0.2, 0.25) is 0 Å². The van der Waals surface area contributed by atoms with E-state index in [0.717, 1.165) is 31.8 Å². The molecule has 0 unspecified atom stereocenters. The molecule has 0 aromatic heterocycles. The molecule has 1 fully saturated rings. The minimum Gasteiger partial charge on any atom is -0.356 e. The van der Waals surface area contributed by atoms with E-state index in [0.29, 0.717) is 19.1 Å². The summed E-state index contributed by atoms with van der Waals surface area (Å²) in [7, 11) is 1.76. The van der Waals surface area contributed by atoms with Gasteiger partial charge in [-0.1, -0.05) is 29.3 Å². The second kappa shape index (κ2) is 9.70. The summed E-state index contributed by atoms with van der Waals surface area (Å²) in [5, 5.41) is 6.77. The quantitative estimate of drug-likeness (QED) is 0.611. The van der Waals surface area contributed by atoms with Crippen LogP contribution in [-0.2, 0) is 6.42 Å². The van der Waals surface area contributed by atoms with E-state index in [1.54, 1.807) is 7.05 Å². The molecule has 0 radical (unpaired) electrons. The highest BCUT2D eigenvalue weighted by Crippen LogP contribution is 2.12. The highest BCUT2D eigenvalue weighted by molar-refractivity contribution is 5.79. The number of alkyl halides is 2. The lowest BCUT2D eigenvalue weighted by atomic mass is 10.0. The number of halogens is 2. The number of likely N-dealkylation sites (tertiary alicyclic amines) is 1. The largest absolute Gasteiger partial charge is 0.356 e. The molecule has 0 aliphatic carbocycles. The predicted molar refractivity (Wildman–Crippen MR) is 99.6 cm³/mol. The standard InChI is InChI=1S/C19H30F2N4/c1-14-10-15(2)12-16(11-14)4-7-23-19(22-3)24-17-5-8-25(9-6-17)13-18(20)21/h10-12,17-18H,4-9,13H2,1-3H3,(H2,22,23,24). The Morgan fingerprint density at radius 1 is 1.20 bits per heavy atom. The molecule has 1 aromatic rings. The molecular weight excluding hydrogens is 322 g/mol. The molecular formula is C19H30F2N4. The lowest BCUT2D eigenvalue weighted by molar-refractivity contribution is 0.0744. The minimum atomic E-state index is -2.25. The molecule has 25 heavy (non-hydrogen) atoms. The van der Waals surface area contributed by atoms with Crippen molar-refractivity contribution in [3.05, 3.63) is 34.9 Å². The van der Waals surface area contributed by atoms with Gasteiger partial charge in [0.15, 0.2) is 5.96 Å². The molecule has 0 spiro atoms. The Bertz CT molecular complexity index is 546. The van der Waals surface area contributed by atoms with E-state index >= 15 is 0 Å². The molecule has 0 bridgehead atoms. The number of piperidine rings is 1. The number of hydrogen-bond acceptors (Lipinski definition) is 2. The van der Waals surface area contributed by atoms with Crippen LogP contribution in [0.5, 0.6) is 0 Å². The lowest BCUT2D eigenvalue weighted by Crippen LogP contribution is -2.49. The minimum absolute atomic E-state index is 0.115. The van der Waals surface area contributed by atoms with Crippen LogP contribution >= 0.6 is 0 Å². The molecule has 0 saturated carbocycles. The Labute approximate surface area is 149 Å². The fourth-order valence-electron chi connectivity index (χ4n) is 3.38. The Morgan fingerprint density at radius 3 is 2.40 bits per heavy atom. The van der Waals surface area contributed by atoms with Crippen LogP contribution in [0.1, 0.15) is 29.5 Å². The third-order valence-corrected chi connectivity index (χ3v) is 4.54. The maximum absolute atomic E-state index is 12.4. The number of aliphatic imine (C=N–C) groups is 1. The molecule has 1 saturated heterocycles. The zero-order chi connectivity index (χ0) is 18.2. The van der Waals surface area contributed by atoms with Crippen LogP contribution in [0.15, 0.2) is 23.2 Å². The highest BCUT2D eigenvalue weighted by atomic mass is 19.3. The molecule has 1 aliphatic rings. The van der Waals surface area contributed by atoms with Crippen molar-refractivity contribution in [2.45, 2.75) is 45.6 Å². The van der Waals surface area contributed by atoms with E-state index in [1.165, 1.54) is 16.7 Å². The Morgan fingerprint density at radius 2 is 1.84 bits per heavy atom. The van der Waals surface area contributed by atoms with Crippen molar-refractivity contribution in [2.75, 3.05) is 33.2 Å². The van der Waals surface area contributed by atoms with Gasteiger partial charge >= 0.3 is 0 Å². The van der Waals surface area contributed by atoms with Gasteiger partial charge in [-0.05, 0) is 38.7 Å². The molecule has 4 nitrogen and oxygen atoms in total. The predicted octanol–water partition coefficient (Wildman–Crippen LogP) is 2.74. The van der Waals surface area contributed by atoms with Crippen molar-refractivity contribution in [3.63, 3.8) is 0 Å². The van der Waals surface area contributed by atoms with E-state index in [1.807, 2.05) is 4.90 Å². The van der Waals surface area contributed by atoms with Gasteiger partial charge in [0.1, 0.15) is 0 Å². The topological polar surface area (TPSA) is 39.7 Å². The molecule has 1 aliphatic heterocycles. The summed E-state index contributed by atoms with van der Waals surface area (Å²) in [5.41, 5.74) is 3.89. The molecule has 2 N–H and O–H groups in total. The summed E-state index contributed by atoms with van der Waals surface area (Å²) < 4.78 is 24.8. The van der Waals surface area contributed by atoms with E-state index in [4.69, 9.17) is 0 Å². The van der Waals surface area contributed by atoms with E-state index in [-0.39, 0.29) is 6.54 Å². The third kappa shape index (κ3) is 6.98. The first kappa shape index (κ1) is 19.6. The molecule has 1 aromatic carbocycles. The van der Waals surface area contributed by atoms with Crippen molar-refractivity contribution in [3.8, 4) is 0 Å². The average molecular weight is 352 g/mol. The first-order valence-electron chi connectivity index (χ1n) is 9.01. The van der Waals surface area contributed by atoms with Gasteiger partial charge in [-0.2, -0.15) is 0 Å². The fourth-order valence-corrected chi connectivity index (χ4v) is 3.38. The molecule has 1 heterocycles. The van der Waals surface area contributed by atoms with Crippen LogP contribution in [0.25, 0.3) is 0 Å². The number of nitrogens with zero attached hydrogens (tertiary/aromatic N) is 2. The SMILES string of the molecule is CN=C(NCCc1cc(C)cc(C)c1)NC1CCN(CC(F)F)CC1. The maximum Gasteiger partial charge on any atom is 0.251 e. The van der Waals surface area contributed by atoms with Gasteiger partial charge in [-0.15, -0.1) is 0 Å². The van der Waals surface area contributed by atoms with E-state index in [2.05, 4.69) is 47.7 Å².